The van der Waals surface area contributed by atoms with E-state index in [2.05, 4.69) is 19.9 Å². The van der Waals surface area contributed by atoms with Crippen molar-refractivity contribution in [2.45, 2.75) is 31.9 Å². The summed E-state index contributed by atoms with van der Waals surface area (Å²) in [5, 5.41) is 4.53. The third-order valence-electron chi connectivity index (χ3n) is 5.27. The fourth-order valence-electron chi connectivity index (χ4n) is 3.46. The number of anilines is 1. The van der Waals surface area contributed by atoms with Gasteiger partial charge in [-0.15, -0.1) is 0 Å². The van der Waals surface area contributed by atoms with Crippen molar-refractivity contribution >= 4 is 40.1 Å². The van der Waals surface area contributed by atoms with E-state index in [-0.39, 0.29) is 16.4 Å². The second-order valence-electron chi connectivity index (χ2n) is 7.37. The highest BCUT2D eigenvalue weighted by molar-refractivity contribution is 7.11. The van der Waals surface area contributed by atoms with Crippen LogP contribution in [0.3, 0.4) is 0 Å². The number of urea groups is 1. The molecule has 180 valence electrons. The first-order valence-corrected chi connectivity index (χ1v) is 11.2. The molecule has 0 saturated carbocycles. The molecule has 1 aliphatic rings. The number of benzene rings is 1. The van der Waals surface area contributed by atoms with Gasteiger partial charge in [-0.3, -0.25) is 5.32 Å². The number of nitrogens with zero attached hydrogens (tertiary/aromatic N) is 2. The Bertz CT molecular complexity index is 1040. The van der Waals surface area contributed by atoms with Crippen molar-refractivity contribution in [2.24, 2.45) is 0 Å². The molecule has 1 atom stereocenters. The molecule has 33 heavy (non-hydrogen) atoms. The van der Waals surface area contributed by atoms with E-state index in [4.69, 9.17) is 21.1 Å². The maximum atomic E-state index is 14.0. The van der Waals surface area contributed by atoms with Crippen LogP contribution in [0.5, 0.6) is 5.88 Å². The summed E-state index contributed by atoms with van der Waals surface area (Å²) < 4.78 is 55.5. The van der Waals surface area contributed by atoms with Gasteiger partial charge < -0.3 is 19.7 Å². The van der Waals surface area contributed by atoms with Gasteiger partial charge >= 0.3 is 12.0 Å². The third-order valence-corrected chi connectivity index (χ3v) is 6.30. The quantitative estimate of drug-likeness (QED) is 0.317. The van der Waals surface area contributed by atoms with E-state index >= 15 is 0 Å². The Morgan fingerprint density at radius 1 is 1.33 bits per heavy atom. The number of hydrogen-bond acceptors (Lipinski definition) is 7. The van der Waals surface area contributed by atoms with Crippen molar-refractivity contribution in [3.63, 3.8) is 0 Å². The van der Waals surface area contributed by atoms with E-state index in [1.165, 1.54) is 0 Å². The number of rotatable bonds is 8. The zero-order valence-electron chi connectivity index (χ0n) is 17.8. The van der Waals surface area contributed by atoms with Gasteiger partial charge in [0.05, 0.1) is 17.7 Å². The molecule has 0 spiro atoms. The van der Waals surface area contributed by atoms with Crippen LogP contribution in [-0.4, -0.2) is 54.6 Å². The summed E-state index contributed by atoms with van der Waals surface area (Å²) in [5.41, 5.74) is -0.965. The lowest BCUT2D eigenvalue weighted by atomic mass is 10.1. The van der Waals surface area contributed by atoms with Crippen LogP contribution in [0.4, 0.5) is 23.0 Å². The summed E-state index contributed by atoms with van der Waals surface area (Å²) >= 11 is 6.13. The number of carbonyl (C=O) groups is 2. The normalized spacial score (nSPS) is 16.0. The van der Waals surface area contributed by atoms with Gasteiger partial charge in [0.15, 0.2) is 17.2 Å². The predicted molar refractivity (Wildman–Crippen MR) is 116 cm³/mol. The van der Waals surface area contributed by atoms with E-state index in [9.17, 15) is 22.8 Å². The molecule has 2 N–H and O–H groups in total. The standard InChI is InChI=1S/C20H22ClF3N4O4S/c1-28-7-3-4-10(28)5-6-25-20(30)26-18-14(19(29)31-2)17(27-33-18)32-9-11-13(22)8-12(21)16(24)15(11)23/h8,10H,3-7,9H2,1-2H3,(H2,25,26,30). The summed E-state index contributed by atoms with van der Waals surface area (Å²) in [6, 6.07) is 0.451. The summed E-state index contributed by atoms with van der Waals surface area (Å²) in [5.74, 6) is -5.28. The van der Waals surface area contributed by atoms with Crippen molar-refractivity contribution in [1.29, 1.82) is 0 Å². The Morgan fingerprint density at radius 3 is 2.76 bits per heavy atom. The largest absolute Gasteiger partial charge is 0.471 e. The molecule has 1 saturated heterocycles. The van der Waals surface area contributed by atoms with Crippen LogP contribution in [0.15, 0.2) is 6.07 Å². The van der Waals surface area contributed by atoms with E-state index < -0.39 is 46.6 Å². The Kier molecular flexibility index (Phi) is 8.38. The molecule has 1 aromatic carbocycles. The van der Waals surface area contributed by atoms with Crippen molar-refractivity contribution in [3.05, 3.63) is 39.7 Å². The molecule has 13 heteroatoms. The second kappa shape index (κ2) is 11.0. The van der Waals surface area contributed by atoms with Gasteiger partial charge in [-0.05, 0) is 50.5 Å². The molecule has 8 nitrogen and oxygen atoms in total. The predicted octanol–water partition coefficient (Wildman–Crippen LogP) is 4.19. The number of carbonyl (C=O) groups excluding carboxylic acids is 2. The minimum atomic E-state index is -1.51. The van der Waals surface area contributed by atoms with Gasteiger partial charge in [0.2, 0.25) is 5.88 Å². The Morgan fingerprint density at radius 2 is 2.09 bits per heavy atom. The number of aromatic nitrogens is 1. The highest BCUT2D eigenvalue weighted by Crippen LogP contribution is 2.33. The number of likely N-dealkylation sites (tertiary alicyclic amines) is 1. The fraction of sp³-hybridized carbons (Fsp3) is 0.450. The molecular weight excluding hydrogens is 485 g/mol. The number of hydrogen-bond donors (Lipinski definition) is 2. The first-order chi connectivity index (χ1) is 15.7. The average molecular weight is 507 g/mol. The molecule has 1 unspecified atom stereocenters. The fourth-order valence-corrected chi connectivity index (χ4v) is 4.36. The minimum absolute atomic E-state index is 0.0237. The lowest BCUT2D eigenvalue weighted by Crippen LogP contribution is -2.34. The molecule has 1 aromatic heterocycles. The number of amides is 2. The molecule has 3 rings (SSSR count). The highest BCUT2D eigenvalue weighted by atomic mass is 35.5. The van der Waals surface area contributed by atoms with Crippen LogP contribution in [0.25, 0.3) is 0 Å². The van der Waals surface area contributed by atoms with E-state index in [0.29, 0.717) is 18.7 Å². The summed E-state index contributed by atoms with van der Waals surface area (Å²) in [6.07, 6.45) is 2.97. The first kappa shape index (κ1) is 25.1. The number of methoxy groups -OCH3 is 1. The first-order valence-electron chi connectivity index (χ1n) is 10.0. The Balaban J connectivity index is 1.67. The average Bonchev–Trinajstić information content (AvgIpc) is 3.37. The van der Waals surface area contributed by atoms with E-state index in [1.807, 2.05) is 7.05 Å². The summed E-state index contributed by atoms with van der Waals surface area (Å²) in [4.78, 5) is 26.7. The van der Waals surface area contributed by atoms with Crippen LogP contribution < -0.4 is 15.4 Å². The van der Waals surface area contributed by atoms with Crippen molar-refractivity contribution in [3.8, 4) is 5.88 Å². The number of halogens is 4. The number of esters is 1. The van der Waals surface area contributed by atoms with Gasteiger partial charge in [-0.2, -0.15) is 4.37 Å². The Hall–Kier alpha value is -2.57. The summed E-state index contributed by atoms with van der Waals surface area (Å²) in [6.45, 7) is 0.677. The molecule has 1 aliphatic heterocycles. The van der Waals surface area contributed by atoms with Crippen molar-refractivity contribution in [2.75, 3.05) is 32.6 Å². The molecular formula is C20H22ClF3N4O4S. The van der Waals surface area contributed by atoms with Gasteiger partial charge in [0.25, 0.3) is 0 Å². The molecule has 2 amide bonds. The lowest BCUT2D eigenvalue weighted by Gasteiger charge is -2.19. The third kappa shape index (κ3) is 5.87. The lowest BCUT2D eigenvalue weighted by molar-refractivity contribution is 0.0596. The highest BCUT2D eigenvalue weighted by Gasteiger charge is 2.26. The van der Waals surface area contributed by atoms with Crippen LogP contribution >= 0.6 is 23.1 Å². The maximum Gasteiger partial charge on any atom is 0.346 e. The smallest absolute Gasteiger partial charge is 0.346 e. The molecule has 2 heterocycles. The monoisotopic (exact) mass is 506 g/mol. The van der Waals surface area contributed by atoms with Crippen LogP contribution in [0.2, 0.25) is 5.02 Å². The molecule has 0 aliphatic carbocycles. The molecule has 2 aromatic rings. The van der Waals surface area contributed by atoms with Gasteiger partial charge in [0, 0.05) is 12.6 Å². The number of ether oxygens (including phenoxy) is 2. The Labute approximate surface area is 197 Å². The van der Waals surface area contributed by atoms with E-state index in [1.54, 1.807) is 0 Å². The van der Waals surface area contributed by atoms with Crippen LogP contribution in [-0.2, 0) is 11.3 Å². The molecule has 1 fully saturated rings. The molecule has 0 radical (unpaired) electrons. The van der Waals surface area contributed by atoms with Crippen molar-refractivity contribution in [1.82, 2.24) is 14.6 Å². The summed E-state index contributed by atoms with van der Waals surface area (Å²) in [7, 11) is 3.15. The van der Waals surface area contributed by atoms with Gasteiger partial charge in [0.1, 0.15) is 17.4 Å². The molecule has 0 bridgehead atoms. The van der Waals surface area contributed by atoms with Crippen LogP contribution in [0.1, 0.15) is 35.2 Å². The minimum Gasteiger partial charge on any atom is -0.471 e. The topological polar surface area (TPSA) is 92.8 Å². The zero-order valence-corrected chi connectivity index (χ0v) is 19.4. The van der Waals surface area contributed by atoms with Crippen molar-refractivity contribution < 1.29 is 32.2 Å². The van der Waals surface area contributed by atoms with Gasteiger partial charge in [-0.1, -0.05) is 11.6 Å². The van der Waals surface area contributed by atoms with Crippen LogP contribution in [0, 0.1) is 17.5 Å². The van der Waals surface area contributed by atoms with E-state index in [0.717, 1.165) is 44.4 Å². The van der Waals surface area contributed by atoms with Gasteiger partial charge in [-0.25, -0.2) is 22.8 Å². The SMILES string of the molecule is COC(=O)c1c(OCc2c(F)cc(Cl)c(F)c2F)nsc1NC(=O)NCCC1CCCN1C. The zero-order chi connectivity index (χ0) is 24.1. The second-order valence-corrected chi connectivity index (χ2v) is 8.55. The maximum absolute atomic E-state index is 14.0. The number of nitrogens with one attached hydrogen (secondary N) is 2.